The number of hydrogen-bond acceptors (Lipinski definition) is 6. The lowest BCUT2D eigenvalue weighted by molar-refractivity contribution is 1.12. The molecule has 0 atom stereocenters. The highest BCUT2D eigenvalue weighted by atomic mass is 15.1. The van der Waals surface area contributed by atoms with Crippen molar-refractivity contribution in [1.29, 1.82) is 0 Å². The Morgan fingerprint density at radius 1 is 1.29 bits per heavy atom. The van der Waals surface area contributed by atoms with Gasteiger partial charge in [0.2, 0.25) is 5.95 Å². The van der Waals surface area contributed by atoms with E-state index in [-0.39, 0.29) is 5.95 Å². The molecule has 3 N–H and O–H groups in total. The lowest BCUT2D eigenvalue weighted by Crippen LogP contribution is -2.03. The van der Waals surface area contributed by atoms with E-state index in [1.165, 1.54) is 0 Å². The Bertz CT molecular complexity index is 480. The Labute approximate surface area is 80.6 Å². The quantitative estimate of drug-likeness (QED) is 0.674. The number of nitrogens with zero attached hydrogens (tertiary/aromatic N) is 4. The van der Waals surface area contributed by atoms with Gasteiger partial charge in [-0.3, -0.25) is 0 Å². The fraction of sp³-hybridized carbons (Fsp3) is 0.250. The predicted octanol–water partition coefficient (Wildman–Crippen LogP) is 0.352. The van der Waals surface area contributed by atoms with Crippen molar-refractivity contribution in [2.75, 3.05) is 18.1 Å². The van der Waals surface area contributed by atoms with E-state index in [2.05, 4.69) is 25.3 Å². The molecule has 0 aliphatic carbocycles. The predicted molar refractivity (Wildman–Crippen MR) is 53.8 cm³/mol. The van der Waals surface area contributed by atoms with Crippen molar-refractivity contribution >= 4 is 22.9 Å². The van der Waals surface area contributed by atoms with Gasteiger partial charge in [-0.2, -0.15) is 9.97 Å². The first kappa shape index (κ1) is 8.61. The number of rotatable bonds is 1. The van der Waals surface area contributed by atoms with Crippen LogP contribution in [0.25, 0.3) is 11.2 Å². The highest BCUT2D eigenvalue weighted by Crippen LogP contribution is 2.16. The Morgan fingerprint density at radius 3 is 2.79 bits per heavy atom. The average molecular weight is 190 g/mol. The van der Waals surface area contributed by atoms with E-state index in [0.717, 1.165) is 5.69 Å². The molecule has 0 radical (unpaired) electrons. The zero-order valence-corrected chi connectivity index (χ0v) is 7.94. The SMILES string of the molecule is CNc1nc(N)nc2ncc(C)nc12. The number of hydrogen-bond donors (Lipinski definition) is 2. The molecule has 0 aliphatic rings. The Morgan fingerprint density at radius 2 is 2.07 bits per heavy atom. The molecule has 72 valence electrons. The molecular weight excluding hydrogens is 180 g/mol. The molecule has 0 saturated heterocycles. The molecule has 0 aliphatic heterocycles. The molecule has 2 heterocycles. The van der Waals surface area contributed by atoms with Crippen molar-refractivity contribution in [2.24, 2.45) is 0 Å². The van der Waals surface area contributed by atoms with Crippen molar-refractivity contribution < 1.29 is 0 Å². The monoisotopic (exact) mass is 190 g/mol. The van der Waals surface area contributed by atoms with E-state index in [1.54, 1.807) is 13.2 Å². The van der Waals surface area contributed by atoms with Crippen molar-refractivity contribution in [3.05, 3.63) is 11.9 Å². The first-order valence-corrected chi connectivity index (χ1v) is 4.15. The third-order valence-electron chi connectivity index (χ3n) is 1.78. The molecule has 0 amide bonds. The van der Waals surface area contributed by atoms with Crippen LogP contribution in [-0.2, 0) is 0 Å². The van der Waals surface area contributed by atoms with Crippen molar-refractivity contribution in [2.45, 2.75) is 6.92 Å². The van der Waals surface area contributed by atoms with Gasteiger partial charge in [0.1, 0.15) is 0 Å². The molecule has 0 saturated carbocycles. The fourth-order valence-electron chi connectivity index (χ4n) is 1.19. The molecule has 2 aromatic rings. The van der Waals surface area contributed by atoms with Gasteiger partial charge in [0.15, 0.2) is 17.0 Å². The van der Waals surface area contributed by atoms with Gasteiger partial charge < -0.3 is 11.1 Å². The van der Waals surface area contributed by atoms with E-state index in [9.17, 15) is 0 Å². The zero-order chi connectivity index (χ0) is 10.1. The minimum absolute atomic E-state index is 0.194. The number of fused-ring (bicyclic) bond motifs is 1. The van der Waals surface area contributed by atoms with Crippen molar-refractivity contribution in [1.82, 2.24) is 19.9 Å². The molecule has 6 heteroatoms. The van der Waals surface area contributed by atoms with E-state index in [1.807, 2.05) is 6.92 Å². The highest BCUT2D eigenvalue weighted by molar-refractivity contribution is 5.83. The summed E-state index contributed by atoms with van der Waals surface area (Å²) in [5, 5.41) is 2.90. The molecule has 14 heavy (non-hydrogen) atoms. The van der Waals surface area contributed by atoms with Gasteiger partial charge in [-0.05, 0) is 6.92 Å². The van der Waals surface area contributed by atoms with E-state index >= 15 is 0 Å². The molecule has 0 spiro atoms. The second kappa shape index (κ2) is 3.06. The van der Waals surface area contributed by atoms with Gasteiger partial charge in [0.25, 0.3) is 0 Å². The van der Waals surface area contributed by atoms with E-state index < -0.39 is 0 Å². The van der Waals surface area contributed by atoms with Gasteiger partial charge >= 0.3 is 0 Å². The maximum atomic E-state index is 5.51. The van der Waals surface area contributed by atoms with Crippen LogP contribution in [0.1, 0.15) is 5.69 Å². The zero-order valence-electron chi connectivity index (χ0n) is 7.94. The summed E-state index contributed by atoms with van der Waals surface area (Å²) < 4.78 is 0. The summed E-state index contributed by atoms with van der Waals surface area (Å²) in [5.74, 6) is 0.795. The smallest absolute Gasteiger partial charge is 0.224 e. The summed E-state index contributed by atoms with van der Waals surface area (Å²) in [4.78, 5) is 16.4. The summed E-state index contributed by atoms with van der Waals surface area (Å²) in [5.41, 5.74) is 7.48. The average Bonchev–Trinajstić information content (AvgIpc) is 2.17. The van der Waals surface area contributed by atoms with Crippen LogP contribution in [0.2, 0.25) is 0 Å². The highest BCUT2D eigenvalue weighted by Gasteiger charge is 2.06. The standard InChI is InChI=1S/C8H10N6/c1-4-3-11-7-5(12-4)6(10-2)13-8(9)14-7/h3H,1-2H3,(H3,9,10,11,13,14). The lowest BCUT2D eigenvalue weighted by Gasteiger charge is -2.04. The summed E-state index contributed by atoms with van der Waals surface area (Å²) in [7, 11) is 1.76. The number of aryl methyl sites for hydroxylation is 1. The molecule has 0 aromatic carbocycles. The van der Waals surface area contributed by atoms with Crippen molar-refractivity contribution in [3.63, 3.8) is 0 Å². The second-order valence-corrected chi connectivity index (χ2v) is 2.86. The number of nitrogens with two attached hydrogens (primary N) is 1. The second-order valence-electron chi connectivity index (χ2n) is 2.86. The van der Waals surface area contributed by atoms with Crippen LogP contribution >= 0.6 is 0 Å². The molecule has 0 bridgehead atoms. The lowest BCUT2D eigenvalue weighted by atomic mass is 10.4. The molecule has 0 unspecified atom stereocenters. The normalized spacial score (nSPS) is 10.4. The number of nitrogen functional groups attached to an aromatic ring is 1. The third kappa shape index (κ3) is 1.30. The van der Waals surface area contributed by atoms with Crippen LogP contribution in [0.5, 0.6) is 0 Å². The third-order valence-corrected chi connectivity index (χ3v) is 1.78. The maximum absolute atomic E-state index is 5.51. The molecule has 6 nitrogen and oxygen atoms in total. The van der Waals surface area contributed by atoms with Crippen LogP contribution in [0.15, 0.2) is 6.20 Å². The first-order valence-electron chi connectivity index (χ1n) is 4.15. The molecule has 0 fully saturated rings. The topological polar surface area (TPSA) is 89.6 Å². The summed E-state index contributed by atoms with van der Waals surface area (Å²) in [6, 6.07) is 0. The van der Waals surface area contributed by atoms with Crippen LogP contribution in [0.3, 0.4) is 0 Å². The van der Waals surface area contributed by atoms with Crippen LogP contribution < -0.4 is 11.1 Å². The van der Waals surface area contributed by atoms with E-state index in [4.69, 9.17) is 5.73 Å². The minimum Gasteiger partial charge on any atom is -0.371 e. The summed E-state index contributed by atoms with van der Waals surface area (Å²) >= 11 is 0. The van der Waals surface area contributed by atoms with Crippen molar-refractivity contribution in [3.8, 4) is 0 Å². The number of nitrogens with one attached hydrogen (secondary N) is 1. The van der Waals surface area contributed by atoms with Crippen LogP contribution in [0, 0.1) is 6.92 Å². The Balaban J connectivity index is 2.81. The molecule has 2 aromatic heterocycles. The fourth-order valence-corrected chi connectivity index (χ4v) is 1.19. The summed E-state index contributed by atoms with van der Waals surface area (Å²) in [6.45, 7) is 1.86. The van der Waals surface area contributed by atoms with Crippen LogP contribution in [-0.4, -0.2) is 27.0 Å². The first-order chi connectivity index (χ1) is 6.70. The van der Waals surface area contributed by atoms with Gasteiger partial charge in [-0.15, -0.1) is 0 Å². The maximum Gasteiger partial charge on any atom is 0.224 e. The largest absolute Gasteiger partial charge is 0.371 e. The molecular formula is C8H10N6. The minimum atomic E-state index is 0.194. The van der Waals surface area contributed by atoms with Gasteiger partial charge in [0.05, 0.1) is 11.9 Å². The van der Waals surface area contributed by atoms with Gasteiger partial charge in [-0.1, -0.05) is 0 Å². The van der Waals surface area contributed by atoms with Crippen LogP contribution in [0.4, 0.5) is 11.8 Å². The number of anilines is 2. The Kier molecular flexibility index (Phi) is 1.88. The van der Waals surface area contributed by atoms with E-state index in [0.29, 0.717) is 17.0 Å². The van der Waals surface area contributed by atoms with Gasteiger partial charge in [-0.25, -0.2) is 9.97 Å². The molecule has 2 rings (SSSR count). The Hall–Kier alpha value is -1.98. The van der Waals surface area contributed by atoms with Gasteiger partial charge in [0, 0.05) is 7.05 Å². The number of aromatic nitrogens is 4. The summed E-state index contributed by atoms with van der Waals surface area (Å²) in [6.07, 6.45) is 1.65.